The van der Waals surface area contributed by atoms with Crippen LogP contribution in [0.4, 0.5) is 4.39 Å². The molecule has 0 spiro atoms. The van der Waals surface area contributed by atoms with Gasteiger partial charge >= 0.3 is 0 Å². The molecule has 0 saturated heterocycles. The van der Waals surface area contributed by atoms with Gasteiger partial charge in [-0.1, -0.05) is 31.0 Å². The third-order valence-corrected chi connectivity index (χ3v) is 3.85. The number of aliphatic hydroxyl groups excluding tert-OH is 1. The van der Waals surface area contributed by atoms with Gasteiger partial charge in [-0.15, -0.1) is 0 Å². The molecule has 2 unspecified atom stereocenters. The molecule has 1 aliphatic carbocycles. The molecule has 2 nitrogen and oxygen atoms in total. The zero-order chi connectivity index (χ0) is 12.3. The van der Waals surface area contributed by atoms with Crippen LogP contribution < -0.4 is 5.73 Å². The van der Waals surface area contributed by atoms with Gasteiger partial charge in [0, 0.05) is 12.5 Å². The van der Waals surface area contributed by atoms with Crippen molar-refractivity contribution in [1.82, 2.24) is 0 Å². The first kappa shape index (κ1) is 12.5. The number of hydrogen-bond donors (Lipinski definition) is 2. The molecule has 0 aliphatic heterocycles. The van der Waals surface area contributed by atoms with E-state index in [9.17, 15) is 9.50 Å². The van der Waals surface area contributed by atoms with Gasteiger partial charge in [-0.3, -0.25) is 0 Å². The number of halogens is 1. The molecule has 2 rings (SSSR count). The van der Waals surface area contributed by atoms with Gasteiger partial charge in [0.15, 0.2) is 0 Å². The summed E-state index contributed by atoms with van der Waals surface area (Å²) in [4.78, 5) is 0. The normalized spacial score (nSPS) is 20.4. The number of nitrogens with two attached hydrogens (primary N) is 1. The molecule has 0 radical (unpaired) electrons. The van der Waals surface area contributed by atoms with Gasteiger partial charge in [0.25, 0.3) is 0 Å². The Labute approximate surface area is 102 Å². The topological polar surface area (TPSA) is 46.2 Å². The van der Waals surface area contributed by atoms with Crippen LogP contribution in [-0.4, -0.2) is 17.8 Å². The van der Waals surface area contributed by atoms with Crippen LogP contribution in [0.25, 0.3) is 0 Å². The average Bonchev–Trinajstić information content (AvgIpc) is 2.86. The Balaban J connectivity index is 2.18. The number of aliphatic hydroxyl groups is 1. The summed E-state index contributed by atoms with van der Waals surface area (Å²) in [5, 5.41) is 10.3. The lowest BCUT2D eigenvalue weighted by atomic mass is 9.84. The lowest BCUT2D eigenvalue weighted by molar-refractivity contribution is 0.0839. The quantitative estimate of drug-likeness (QED) is 0.844. The Morgan fingerprint density at radius 1 is 1.29 bits per heavy atom. The first-order valence-corrected chi connectivity index (χ1v) is 6.36. The minimum Gasteiger partial charge on any atom is -0.392 e. The van der Waals surface area contributed by atoms with E-state index >= 15 is 0 Å². The zero-order valence-electron chi connectivity index (χ0n) is 9.98. The molecule has 0 heterocycles. The fraction of sp³-hybridized carbons (Fsp3) is 0.571. The molecule has 1 fully saturated rings. The average molecular weight is 237 g/mol. The van der Waals surface area contributed by atoms with Gasteiger partial charge in [-0.25, -0.2) is 4.39 Å². The predicted octanol–water partition coefficient (Wildman–Crippen LogP) is 2.42. The second-order valence-electron chi connectivity index (χ2n) is 4.90. The van der Waals surface area contributed by atoms with Crippen molar-refractivity contribution >= 4 is 0 Å². The van der Waals surface area contributed by atoms with E-state index in [1.807, 2.05) is 0 Å². The van der Waals surface area contributed by atoms with Gasteiger partial charge in [0.2, 0.25) is 0 Å². The highest BCUT2D eigenvalue weighted by molar-refractivity contribution is 5.23. The molecule has 1 aliphatic rings. The minimum absolute atomic E-state index is 0.264. The lowest BCUT2D eigenvalue weighted by Crippen LogP contribution is -2.31. The van der Waals surface area contributed by atoms with E-state index in [1.165, 1.54) is 6.07 Å². The van der Waals surface area contributed by atoms with E-state index in [0.29, 0.717) is 12.1 Å². The monoisotopic (exact) mass is 237 g/mol. The number of rotatable bonds is 4. The fourth-order valence-electron chi connectivity index (χ4n) is 2.85. The number of benzene rings is 1. The second kappa shape index (κ2) is 5.61. The molecule has 3 N–H and O–H groups in total. The molecular weight excluding hydrogens is 217 g/mol. The van der Waals surface area contributed by atoms with Crippen molar-refractivity contribution < 1.29 is 9.50 Å². The molecule has 94 valence electrons. The summed E-state index contributed by atoms with van der Waals surface area (Å²) in [7, 11) is 0. The van der Waals surface area contributed by atoms with Crippen LogP contribution in [0.3, 0.4) is 0 Å². The van der Waals surface area contributed by atoms with Gasteiger partial charge in [0.1, 0.15) is 5.82 Å². The van der Waals surface area contributed by atoms with Crippen LogP contribution in [0.2, 0.25) is 0 Å². The summed E-state index contributed by atoms with van der Waals surface area (Å²) in [6.45, 7) is 0.290. The van der Waals surface area contributed by atoms with Crippen LogP contribution in [0, 0.1) is 11.7 Å². The van der Waals surface area contributed by atoms with E-state index < -0.39 is 6.10 Å². The maximum absolute atomic E-state index is 13.7. The Morgan fingerprint density at radius 3 is 2.53 bits per heavy atom. The Morgan fingerprint density at radius 2 is 1.94 bits per heavy atom. The smallest absolute Gasteiger partial charge is 0.126 e. The highest BCUT2D eigenvalue weighted by atomic mass is 19.1. The molecular formula is C14H20FNO. The van der Waals surface area contributed by atoms with Gasteiger partial charge in [-0.2, -0.15) is 0 Å². The molecule has 1 saturated carbocycles. The fourth-order valence-corrected chi connectivity index (χ4v) is 2.85. The van der Waals surface area contributed by atoms with Crippen molar-refractivity contribution in [2.75, 3.05) is 6.54 Å². The van der Waals surface area contributed by atoms with E-state index in [-0.39, 0.29) is 17.7 Å². The molecule has 1 aromatic carbocycles. The minimum atomic E-state index is -0.514. The van der Waals surface area contributed by atoms with Gasteiger partial charge in [0.05, 0.1) is 6.10 Å². The summed E-state index contributed by atoms with van der Waals surface area (Å²) in [6, 6.07) is 6.61. The van der Waals surface area contributed by atoms with Crippen molar-refractivity contribution in [1.29, 1.82) is 0 Å². The molecule has 2 atom stereocenters. The second-order valence-corrected chi connectivity index (χ2v) is 4.90. The molecule has 0 aromatic heterocycles. The highest BCUT2D eigenvalue weighted by Gasteiger charge is 2.31. The third kappa shape index (κ3) is 2.67. The van der Waals surface area contributed by atoms with Crippen LogP contribution in [0.15, 0.2) is 24.3 Å². The van der Waals surface area contributed by atoms with Crippen molar-refractivity contribution in [3.8, 4) is 0 Å². The Bertz CT molecular complexity index is 363. The summed E-state index contributed by atoms with van der Waals surface area (Å²) in [5.74, 6) is -0.262. The van der Waals surface area contributed by atoms with Gasteiger partial charge < -0.3 is 10.8 Å². The van der Waals surface area contributed by atoms with Crippen molar-refractivity contribution in [3.05, 3.63) is 35.6 Å². The predicted molar refractivity (Wildman–Crippen MR) is 66.2 cm³/mol. The molecule has 17 heavy (non-hydrogen) atoms. The van der Waals surface area contributed by atoms with Gasteiger partial charge in [-0.05, 0) is 30.4 Å². The van der Waals surface area contributed by atoms with Crippen LogP contribution in [0.5, 0.6) is 0 Å². The van der Waals surface area contributed by atoms with Crippen molar-refractivity contribution in [3.63, 3.8) is 0 Å². The molecule has 3 heteroatoms. The first-order valence-electron chi connectivity index (χ1n) is 6.36. The number of hydrogen-bond acceptors (Lipinski definition) is 2. The van der Waals surface area contributed by atoms with Crippen LogP contribution in [-0.2, 0) is 0 Å². The largest absolute Gasteiger partial charge is 0.392 e. The maximum atomic E-state index is 13.7. The summed E-state index contributed by atoms with van der Waals surface area (Å²) < 4.78 is 13.7. The standard InChI is InChI=1S/C14H20FNO/c15-13-8-4-3-7-11(13)12(9-16)14(17)10-5-1-2-6-10/h3-4,7-8,10,12,14,17H,1-2,5-6,9,16H2. The third-order valence-electron chi connectivity index (χ3n) is 3.85. The van der Waals surface area contributed by atoms with E-state index in [2.05, 4.69) is 0 Å². The lowest BCUT2D eigenvalue weighted by Gasteiger charge is -2.27. The SMILES string of the molecule is NCC(c1ccccc1F)C(O)C1CCCC1. The van der Waals surface area contributed by atoms with Crippen molar-refractivity contribution in [2.24, 2.45) is 11.7 Å². The van der Waals surface area contributed by atoms with Crippen molar-refractivity contribution in [2.45, 2.75) is 37.7 Å². The van der Waals surface area contributed by atoms with Crippen LogP contribution in [0.1, 0.15) is 37.2 Å². The zero-order valence-corrected chi connectivity index (χ0v) is 9.98. The summed E-state index contributed by atoms with van der Waals surface area (Å²) in [5.41, 5.74) is 6.27. The van der Waals surface area contributed by atoms with Crippen LogP contribution >= 0.6 is 0 Å². The molecule has 0 amide bonds. The highest BCUT2D eigenvalue weighted by Crippen LogP contribution is 2.34. The van der Waals surface area contributed by atoms with E-state index in [0.717, 1.165) is 25.7 Å². The summed E-state index contributed by atoms with van der Waals surface area (Å²) in [6.07, 6.45) is 3.88. The molecule has 1 aromatic rings. The first-order chi connectivity index (χ1) is 8.24. The van der Waals surface area contributed by atoms with E-state index in [4.69, 9.17) is 5.73 Å². The maximum Gasteiger partial charge on any atom is 0.126 e. The van der Waals surface area contributed by atoms with E-state index in [1.54, 1.807) is 18.2 Å². The molecule has 0 bridgehead atoms. The Hall–Kier alpha value is -0.930. The Kier molecular flexibility index (Phi) is 4.13. The summed E-state index contributed by atoms with van der Waals surface area (Å²) >= 11 is 0.